The molecule has 0 aliphatic heterocycles. The number of hydrogen-bond donors (Lipinski definition) is 0. The van der Waals surface area contributed by atoms with Crippen LogP contribution in [-0.4, -0.2) is 37.3 Å². The van der Waals surface area contributed by atoms with Crippen molar-refractivity contribution in [2.24, 2.45) is 4.99 Å². The third-order valence-corrected chi connectivity index (χ3v) is 2.05. The van der Waals surface area contributed by atoms with Gasteiger partial charge < -0.3 is 4.74 Å². The van der Waals surface area contributed by atoms with Gasteiger partial charge in [-0.05, 0) is 40.9 Å². The summed E-state index contributed by atoms with van der Waals surface area (Å²) >= 11 is 6.00. The van der Waals surface area contributed by atoms with Crippen LogP contribution < -0.4 is 4.74 Å². The highest BCUT2D eigenvalue weighted by Gasteiger charge is 2.04. The molecule has 80 valence electrons. The van der Waals surface area contributed by atoms with Crippen LogP contribution in [0, 0.1) is 0 Å². The summed E-state index contributed by atoms with van der Waals surface area (Å²) in [5.74, 6) is 0.805. The van der Waals surface area contributed by atoms with Gasteiger partial charge in [0.2, 0.25) is 5.17 Å². The fraction of sp³-hybridized carbons (Fsp3) is 0.273. The lowest BCUT2D eigenvalue weighted by Crippen LogP contribution is -1.99. The second kappa shape index (κ2) is 5.51. The zero-order valence-corrected chi connectivity index (χ0v) is 9.82. The van der Waals surface area contributed by atoms with Gasteiger partial charge in [0.25, 0.3) is 6.34 Å². The quantitative estimate of drug-likeness (QED) is 0.439. The largest absolute Gasteiger partial charge is 0.497 e. The Hall–Kier alpha value is -1.35. The van der Waals surface area contributed by atoms with Gasteiger partial charge in [0.1, 0.15) is 5.75 Å². The Kier molecular flexibility index (Phi) is 4.31. The van der Waals surface area contributed by atoms with Crippen LogP contribution in [0.25, 0.3) is 0 Å². The lowest BCUT2D eigenvalue weighted by molar-refractivity contribution is -0.460. The maximum Gasteiger partial charge on any atom is 0.282 e. The van der Waals surface area contributed by atoms with Crippen LogP contribution in [0.2, 0.25) is 0 Å². The highest BCUT2D eigenvalue weighted by molar-refractivity contribution is 6.70. The van der Waals surface area contributed by atoms with Crippen molar-refractivity contribution in [1.82, 2.24) is 0 Å². The van der Waals surface area contributed by atoms with E-state index >= 15 is 0 Å². The third kappa shape index (κ3) is 3.72. The number of benzene rings is 1. The van der Waals surface area contributed by atoms with E-state index in [-0.39, 0.29) is 0 Å². The number of rotatable bonds is 3. The Morgan fingerprint density at radius 2 is 1.93 bits per heavy atom. The van der Waals surface area contributed by atoms with Crippen molar-refractivity contribution in [2.75, 3.05) is 21.2 Å². The number of aliphatic imine (C=N–C) groups is 1. The van der Waals surface area contributed by atoms with Crippen LogP contribution in [0.1, 0.15) is 5.56 Å². The van der Waals surface area contributed by atoms with Crippen LogP contribution in [0.3, 0.4) is 0 Å². The molecule has 0 bridgehead atoms. The second-order valence-electron chi connectivity index (χ2n) is 3.23. The van der Waals surface area contributed by atoms with Crippen LogP contribution in [0.15, 0.2) is 29.3 Å². The van der Waals surface area contributed by atoms with Gasteiger partial charge in [-0.1, -0.05) is 0 Å². The smallest absolute Gasteiger partial charge is 0.282 e. The van der Waals surface area contributed by atoms with Crippen LogP contribution in [-0.2, 0) is 0 Å². The minimum Gasteiger partial charge on any atom is -0.497 e. The third-order valence-electron chi connectivity index (χ3n) is 1.73. The standard InChI is InChI=1S/C11H14ClN2O/c1-14(2)8-13-11(12)9-4-6-10(15-3)7-5-9/h4-8H,1-3H3/q+1. The Morgan fingerprint density at radius 3 is 2.40 bits per heavy atom. The Balaban J connectivity index is 2.87. The molecule has 4 heteroatoms. The molecule has 0 unspecified atom stereocenters. The predicted molar refractivity (Wildman–Crippen MR) is 63.6 cm³/mol. The first-order valence-electron chi connectivity index (χ1n) is 4.51. The van der Waals surface area contributed by atoms with Crippen molar-refractivity contribution < 1.29 is 9.31 Å². The first-order chi connectivity index (χ1) is 7.13. The minimum absolute atomic E-state index is 0.464. The molecule has 0 aliphatic rings. The highest BCUT2D eigenvalue weighted by Crippen LogP contribution is 2.13. The molecule has 0 heterocycles. The number of nitrogens with zero attached hydrogens (tertiary/aromatic N) is 2. The van der Waals surface area contributed by atoms with Gasteiger partial charge in [-0.3, -0.25) is 4.58 Å². The molecule has 0 atom stereocenters. The predicted octanol–water partition coefficient (Wildman–Crippen LogP) is 1.98. The van der Waals surface area contributed by atoms with Gasteiger partial charge in [-0.2, -0.15) is 0 Å². The summed E-state index contributed by atoms with van der Waals surface area (Å²) in [5.41, 5.74) is 0.871. The van der Waals surface area contributed by atoms with Crippen molar-refractivity contribution in [2.45, 2.75) is 0 Å². The van der Waals surface area contributed by atoms with Gasteiger partial charge in [0, 0.05) is 5.56 Å². The van der Waals surface area contributed by atoms with Gasteiger partial charge in [0.05, 0.1) is 21.2 Å². The second-order valence-corrected chi connectivity index (χ2v) is 3.59. The van der Waals surface area contributed by atoms with E-state index < -0.39 is 0 Å². The molecule has 0 radical (unpaired) electrons. The summed E-state index contributed by atoms with van der Waals surface area (Å²) in [6, 6.07) is 7.44. The maximum atomic E-state index is 6.00. The molecule has 0 saturated carbocycles. The van der Waals surface area contributed by atoms with Crippen LogP contribution in [0.5, 0.6) is 5.75 Å². The van der Waals surface area contributed by atoms with Crippen LogP contribution in [0.4, 0.5) is 0 Å². The maximum absolute atomic E-state index is 6.00. The number of hydrogen-bond acceptors (Lipinski definition) is 1. The summed E-state index contributed by atoms with van der Waals surface area (Å²) in [4.78, 5) is 4.09. The fourth-order valence-electron chi connectivity index (χ4n) is 0.969. The van der Waals surface area contributed by atoms with E-state index in [0.717, 1.165) is 11.3 Å². The van der Waals surface area contributed by atoms with Crippen molar-refractivity contribution in [3.63, 3.8) is 0 Å². The molecule has 0 amide bonds. The van der Waals surface area contributed by atoms with E-state index in [1.165, 1.54) is 0 Å². The van der Waals surface area contributed by atoms with E-state index in [4.69, 9.17) is 16.3 Å². The van der Waals surface area contributed by atoms with Gasteiger partial charge in [0.15, 0.2) is 0 Å². The molecule has 0 aliphatic carbocycles. The molecule has 0 aromatic heterocycles. The average molecular weight is 226 g/mol. The summed E-state index contributed by atoms with van der Waals surface area (Å²) in [7, 11) is 5.41. The Morgan fingerprint density at radius 1 is 1.33 bits per heavy atom. The molecular weight excluding hydrogens is 212 g/mol. The Bertz CT molecular complexity index is 378. The van der Waals surface area contributed by atoms with Crippen molar-refractivity contribution in [3.8, 4) is 5.75 Å². The molecule has 1 aromatic carbocycles. The lowest BCUT2D eigenvalue weighted by atomic mass is 10.2. The van der Waals surface area contributed by atoms with E-state index in [1.54, 1.807) is 13.4 Å². The molecule has 0 saturated heterocycles. The monoisotopic (exact) mass is 225 g/mol. The van der Waals surface area contributed by atoms with Crippen molar-refractivity contribution in [3.05, 3.63) is 29.8 Å². The first kappa shape index (κ1) is 11.7. The van der Waals surface area contributed by atoms with E-state index in [9.17, 15) is 0 Å². The highest BCUT2D eigenvalue weighted by atomic mass is 35.5. The number of halogens is 1. The Labute approximate surface area is 94.7 Å². The number of ether oxygens (including phenoxy) is 1. The molecule has 1 rings (SSSR count). The summed E-state index contributed by atoms with van der Waals surface area (Å²) in [6.07, 6.45) is 1.66. The molecule has 3 nitrogen and oxygen atoms in total. The minimum atomic E-state index is 0.464. The SMILES string of the molecule is COc1ccc(C(Cl)=NC=[N+](C)C)cc1. The lowest BCUT2D eigenvalue weighted by Gasteiger charge is -1.98. The average Bonchev–Trinajstić information content (AvgIpc) is 2.26. The van der Waals surface area contributed by atoms with Crippen molar-refractivity contribution >= 4 is 23.1 Å². The van der Waals surface area contributed by atoms with Gasteiger partial charge >= 0.3 is 0 Å². The zero-order chi connectivity index (χ0) is 11.3. The summed E-state index contributed by atoms with van der Waals surface area (Å²) < 4.78 is 6.87. The van der Waals surface area contributed by atoms with Crippen LogP contribution >= 0.6 is 11.6 Å². The van der Waals surface area contributed by atoms with E-state index in [2.05, 4.69) is 4.99 Å². The van der Waals surface area contributed by atoms with Gasteiger partial charge in [-0.15, -0.1) is 0 Å². The molecule has 0 N–H and O–H groups in total. The molecule has 0 spiro atoms. The van der Waals surface area contributed by atoms with E-state index in [1.807, 2.05) is 42.9 Å². The van der Waals surface area contributed by atoms with E-state index in [0.29, 0.717) is 5.17 Å². The summed E-state index contributed by atoms with van der Waals surface area (Å²) in [5, 5.41) is 0.464. The van der Waals surface area contributed by atoms with Gasteiger partial charge in [-0.25, -0.2) is 0 Å². The normalized spacial score (nSPS) is 11.1. The number of methoxy groups -OCH3 is 1. The van der Waals surface area contributed by atoms with Crippen molar-refractivity contribution in [1.29, 1.82) is 0 Å². The molecule has 1 aromatic rings. The molecular formula is C11H14ClN2O+. The molecule has 0 fully saturated rings. The fourth-order valence-corrected chi connectivity index (χ4v) is 1.14. The molecule has 15 heavy (non-hydrogen) atoms. The summed E-state index contributed by atoms with van der Waals surface area (Å²) in [6.45, 7) is 0. The topological polar surface area (TPSA) is 24.6 Å². The first-order valence-corrected chi connectivity index (χ1v) is 4.89. The zero-order valence-electron chi connectivity index (χ0n) is 9.07.